The molecule has 0 aliphatic rings. The maximum atomic E-state index is 11.8. The van der Waals surface area contributed by atoms with Gasteiger partial charge in [0.25, 0.3) is 0 Å². The second-order valence-electron chi connectivity index (χ2n) is 8.96. The number of hydrogen-bond donors (Lipinski definition) is 1. The fourth-order valence-corrected chi connectivity index (χ4v) is 2.98. The van der Waals surface area contributed by atoms with Crippen LogP contribution in [0.25, 0.3) is 0 Å². The summed E-state index contributed by atoms with van der Waals surface area (Å²) in [6.45, 7) is 13.5. The van der Waals surface area contributed by atoms with Crippen LogP contribution < -0.4 is 5.32 Å². The summed E-state index contributed by atoms with van der Waals surface area (Å²) in [5.41, 5.74) is 0.190. The normalized spacial score (nSPS) is 12.2. The minimum Gasteiger partial charge on any atom is -0.356 e. The third-order valence-electron chi connectivity index (χ3n) is 4.67. The lowest BCUT2D eigenvalue weighted by Gasteiger charge is -2.23. The summed E-state index contributed by atoms with van der Waals surface area (Å²) in [4.78, 5) is 23.5. The molecule has 0 bridgehead atoms. The molecule has 1 N–H and O–H groups in total. The van der Waals surface area contributed by atoms with E-state index in [0.29, 0.717) is 24.7 Å². The zero-order valence-electron chi connectivity index (χ0n) is 17.1. The Labute approximate surface area is 150 Å². The van der Waals surface area contributed by atoms with E-state index < -0.39 is 0 Å². The number of Topliss-reactive ketones (excluding diaryl/α,β-unsaturated/α-hetero) is 1. The Morgan fingerprint density at radius 3 is 2.00 bits per heavy atom. The summed E-state index contributed by atoms with van der Waals surface area (Å²) in [5.74, 6) is 0.321. The van der Waals surface area contributed by atoms with E-state index in [2.05, 4.69) is 26.1 Å². The lowest BCUT2D eigenvalue weighted by molar-refractivity contribution is -0.126. The first-order valence-electron chi connectivity index (χ1n) is 9.88. The fraction of sp³-hybridized carbons (Fsp3) is 0.905. The maximum absolute atomic E-state index is 11.8. The van der Waals surface area contributed by atoms with Crippen LogP contribution in [0.3, 0.4) is 0 Å². The van der Waals surface area contributed by atoms with Crippen molar-refractivity contribution < 1.29 is 9.59 Å². The van der Waals surface area contributed by atoms with Gasteiger partial charge in [0.2, 0.25) is 5.91 Å². The molecular weight excluding hydrogens is 298 g/mol. The van der Waals surface area contributed by atoms with Crippen molar-refractivity contribution in [2.75, 3.05) is 6.54 Å². The first-order valence-corrected chi connectivity index (χ1v) is 9.88. The molecule has 0 aromatic heterocycles. The molecule has 0 heterocycles. The summed E-state index contributed by atoms with van der Waals surface area (Å²) < 4.78 is 0. The molecule has 0 unspecified atom stereocenters. The van der Waals surface area contributed by atoms with Crippen molar-refractivity contribution in [2.24, 2.45) is 10.8 Å². The Kier molecular flexibility index (Phi) is 11.2. The average molecular weight is 340 g/mol. The highest BCUT2D eigenvalue weighted by molar-refractivity contribution is 5.84. The van der Waals surface area contributed by atoms with Crippen LogP contribution in [0.5, 0.6) is 0 Å². The van der Waals surface area contributed by atoms with Gasteiger partial charge < -0.3 is 5.32 Å². The predicted molar refractivity (Wildman–Crippen MR) is 103 cm³/mol. The Morgan fingerprint density at radius 1 is 0.792 bits per heavy atom. The molecule has 0 spiro atoms. The molecule has 142 valence electrons. The summed E-state index contributed by atoms with van der Waals surface area (Å²) in [5, 5.41) is 2.97. The third kappa shape index (κ3) is 12.5. The number of carbonyl (C=O) groups excluding carboxylic acids is 2. The molecular formula is C21H41NO2. The topological polar surface area (TPSA) is 46.2 Å². The Bertz CT molecular complexity index is 367. The molecule has 1 amide bonds. The van der Waals surface area contributed by atoms with Gasteiger partial charge in [0.05, 0.1) is 0 Å². The Balaban J connectivity index is 3.55. The van der Waals surface area contributed by atoms with E-state index in [1.807, 2.05) is 20.8 Å². The monoisotopic (exact) mass is 339 g/mol. The molecule has 0 atom stereocenters. The first-order chi connectivity index (χ1) is 11.1. The molecule has 0 aromatic carbocycles. The van der Waals surface area contributed by atoms with Gasteiger partial charge in [-0.05, 0) is 31.1 Å². The maximum Gasteiger partial charge on any atom is 0.220 e. The number of nitrogens with one attached hydrogen (secondary N) is 1. The lowest BCUT2D eigenvalue weighted by Crippen LogP contribution is -2.25. The Hall–Kier alpha value is -0.860. The van der Waals surface area contributed by atoms with Gasteiger partial charge in [-0.2, -0.15) is 0 Å². The average Bonchev–Trinajstić information content (AvgIpc) is 2.44. The van der Waals surface area contributed by atoms with E-state index in [9.17, 15) is 9.59 Å². The number of carbonyl (C=O) groups is 2. The van der Waals surface area contributed by atoms with Crippen LogP contribution in [0.15, 0.2) is 0 Å². The van der Waals surface area contributed by atoms with Crippen LogP contribution in [0.1, 0.15) is 106 Å². The van der Waals surface area contributed by atoms with Crippen LogP contribution in [-0.2, 0) is 9.59 Å². The van der Waals surface area contributed by atoms with Gasteiger partial charge >= 0.3 is 0 Å². The summed E-state index contributed by atoms with van der Waals surface area (Å²) in [6.07, 6.45) is 10.3. The van der Waals surface area contributed by atoms with Crippen molar-refractivity contribution in [1.29, 1.82) is 0 Å². The predicted octanol–water partition coefficient (Wildman–Crippen LogP) is 5.66. The molecule has 24 heavy (non-hydrogen) atoms. The van der Waals surface area contributed by atoms with Gasteiger partial charge in [-0.25, -0.2) is 0 Å². The van der Waals surface area contributed by atoms with E-state index in [-0.39, 0.29) is 17.1 Å². The fourth-order valence-electron chi connectivity index (χ4n) is 2.98. The second kappa shape index (κ2) is 11.7. The lowest BCUT2D eigenvalue weighted by atomic mass is 9.83. The van der Waals surface area contributed by atoms with Crippen LogP contribution >= 0.6 is 0 Å². The number of unbranched alkanes of at least 4 members (excludes halogenated alkanes) is 3. The van der Waals surface area contributed by atoms with Crippen molar-refractivity contribution in [2.45, 2.75) is 106 Å². The molecule has 0 saturated heterocycles. The minimum absolute atomic E-state index is 0.0841. The van der Waals surface area contributed by atoms with Crippen LogP contribution in [0, 0.1) is 10.8 Å². The highest BCUT2D eigenvalue weighted by Gasteiger charge is 2.20. The highest BCUT2D eigenvalue weighted by Crippen LogP contribution is 2.29. The Morgan fingerprint density at radius 2 is 1.42 bits per heavy atom. The standard InChI is InChI=1S/C21H41NO2/c1-7-15-21(5,6)16-10-8-9-11-17-22-19(24)14-12-13-18(23)20(2,3)4/h7-17H2,1-6H3,(H,22,24). The van der Waals surface area contributed by atoms with Gasteiger partial charge in [0, 0.05) is 24.8 Å². The van der Waals surface area contributed by atoms with Gasteiger partial charge in [-0.1, -0.05) is 67.2 Å². The highest BCUT2D eigenvalue weighted by atomic mass is 16.1. The van der Waals surface area contributed by atoms with E-state index in [0.717, 1.165) is 13.0 Å². The molecule has 3 nitrogen and oxygen atoms in total. The first kappa shape index (κ1) is 23.1. The minimum atomic E-state index is -0.290. The van der Waals surface area contributed by atoms with E-state index >= 15 is 0 Å². The zero-order chi connectivity index (χ0) is 18.6. The molecule has 0 fully saturated rings. The third-order valence-corrected chi connectivity index (χ3v) is 4.67. The van der Waals surface area contributed by atoms with E-state index in [1.54, 1.807) is 0 Å². The molecule has 0 rings (SSSR count). The largest absolute Gasteiger partial charge is 0.356 e. The number of ketones is 1. The molecule has 0 aliphatic heterocycles. The van der Waals surface area contributed by atoms with Crippen LogP contribution in [0.2, 0.25) is 0 Å². The van der Waals surface area contributed by atoms with Crippen molar-refractivity contribution in [3.05, 3.63) is 0 Å². The van der Waals surface area contributed by atoms with E-state index in [4.69, 9.17) is 0 Å². The smallest absolute Gasteiger partial charge is 0.220 e. The van der Waals surface area contributed by atoms with Gasteiger partial charge in [0.1, 0.15) is 5.78 Å². The van der Waals surface area contributed by atoms with Crippen molar-refractivity contribution >= 4 is 11.7 Å². The van der Waals surface area contributed by atoms with Crippen molar-refractivity contribution in [1.82, 2.24) is 5.32 Å². The number of amides is 1. The quantitative estimate of drug-likeness (QED) is 0.440. The van der Waals surface area contributed by atoms with E-state index in [1.165, 1.54) is 38.5 Å². The van der Waals surface area contributed by atoms with Gasteiger partial charge in [-0.3, -0.25) is 9.59 Å². The number of rotatable bonds is 13. The van der Waals surface area contributed by atoms with Crippen molar-refractivity contribution in [3.8, 4) is 0 Å². The second-order valence-corrected chi connectivity index (χ2v) is 8.96. The molecule has 0 aliphatic carbocycles. The summed E-state index contributed by atoms with van der Waals surface area (Å²) in [7, 11) is 0. The zero-order valence-corrected chi connectivity index (χ0v) is 17.1. The molecule has 0 radical (unpaired) electrons. The van der Waals surface area contributed by atoms with Crippen molar-refractivity contribution in [3.63, 3.8) is 0 Å². The number of hydrogen-bond acceptors (Lipinski definition) is 2. The molecule has 0 aromatic rings. The van der Waals surface area contributed by atoms with Gasteiger partial charge in [0.15, 0.2) is 0 Å². The summed E-state index contributed by atoms with van der Waals surface area (Å²) in [6, 6.07) is 0. The van der Waals surface area contributed by atoms with Crippen LogP contribution in [0.4, 0.5) is 0 Å². The molecule has 0 saturated carbocycles. The molecule has 3 heteroatoms. The SMILES string of the molecule is CCCC(C)(C)CCCCCCNC(=O)CCCC(=O)C(C)(C)C. The van der Waals surface area contributed by atoms with Gasteiger partial charge in [-0.15, -0.1) is 0 Å². The van der Waals surface area contributed by atoms with Crippen LogP contribution in [-0.4, -0.2) is 18.2 Å². The summed E-state index contributed by atoms with van der Waals surface area (Å²) >= 11 is 0.